The van der Waals surface area contributed by atoms with E-state index in [1.165, 1.54) is 6.33 Å². The first-order valence-corrected chi connectivity index (χ1v) is 7.09. The van der Waals surface area contributed by atoms with E-state index in [-0.39, 0.29) is 11.9 Å². The molecule has 1 aromatic carbocycles. The maximum atomic E-state index is 12.2. The first-order chi connectivity index (χ1) is 10.6. The normalized spacial score (nSPS) is 10.4. The highest BCUT2D eigenvalue weighted by molar-refractivity contribution is 5.92. The molecule has 0 aliphatic heterocycles. The Kier molecular flexibility index (Phi) is 5.30. The molecule has 0 atom stereocenters. The number of para-hydroxylation sites is 1. The van der Waals surface area contributed by atoms with Crippen LogP contribution < -0.4 is 15.4 Å². The first kappa shape index (κ1) is 15.8. The zero-order chi connectivity index (χ0) is 15.9. The fourth-order valence-corrected chi connectivity index (χ4v) is 1.97. The molecule has 1 aromatic heterocycles. The Balaban J connectivity index is 2.03. The molecule has 0 aliphatic rings. The summed E-state index contributed by atoms with van der Waals surface area (Å²) in [6.07, 6.45) is 1.38. The number of aromatic nitrogens is 2. The van der Waals surface area contributed by atoms with E-state index < -0.39 is 0 Å². The monoisotopic (exact) mass is 300 g/mol. The summed E-state index contributed by atoms with van der Waals surface area (Å²) in [6.45, 7) is 4.38. The molecule has 6 nitrogen and oxygen atoms in total. The van der Waals surface area contributed by atoms with E-state index in [1.807, 2.05) is 38.1 Å². The lowest BCUT2D eigenvalue weighted by Crippen LogP contribution is -2.24. The van der Waals surface area contributed by atoms with Gasteiger partial charge < -0.3 is 15.4 Å². The van der Waals surface area contributed by atoms with Gasteiger partial charge >= 0.3 is 0 Å². The van der Waals surface area contributed by atoms with Crippen molar-refractivity contribution in [2.75, 3.05) is 12.4 Å². The molecule has 0 unspecified atom stereocenters. The van der Waals surface area contributed by atoms with E-state index >= 15 is 0 Å². The maximum Gasteiger partial charge on any atom is 0.270 e. The number of ether oxygens (including phenoxy) is 1. The molecule has 2 rings (SSSR count). The van der Waals surface area contributed by atoms with Gasteiger partial charge in [-0.1, -0.05) is 18.2 Å². The van der Waals surface area contributed by atoms with Gasteiger partial charge in [-0.05, 0) is 19.9 Å². The van der Waals surface area contributed by atoms with Gasteiger partial charge in [-0.3, -0.25) is 4.79 Å². The van der Waals surface area contributed by atoms with Crippen molar-refractivity contribution in [1.29, 1.82) is 0 Å². The van der Waals surface area contributed by atoms with Crippen molar-refractivity contribution < 1.29 is 9.53 Å². The molecule has 0 bridgehead atoms. The summed E-state index contributed by atoms with van der Waals surface area (Å²) in [4.78, 5) is 20.3. The molecule has 0 saturated carbocycles. The molecule has 2 N–H and O–H groups in total. The van der Waals surface area contributed by atoms with Crippen LogP contribution in [-0.2, 0) is 6.54 Å². The van der Waals surface area contributed by atoms with Crippen LogP contribution >= 0.6 is 0 Å². The minimum atomic E-state index is -0.250. The lowest BCUT2D eigenvalue weighted by atomic mass is 10.2. The second-order valence-electron chi connectivity index (χ2n) is 5.08. The second kappa shape index (κ2) is 7.40. The van der Waals surface area contributed by atoms with Gasteiger partial charge in [-0.15, -0.1) is 0 Å². The lowest BCUT2D eigenvalue weighted by Gasteiger charge is -2.11. The minimum Gasteiger partial charge on any atom is -0.496 e. The van der Waals surface area contributed by atoms with Crippen molar-refractivity contribution in [2.24, 2.45) is 0 Å². The number of anilines is 1. The topological polar surface area (TPSA) is 76.1 Å². The second-order valence-corrected chi connectivity index (χ2v) is 5.08. The molecule has 1 heterocycles. The lowest BCUT2D eigenvalue weighted by molar-refractivity contribution is 0.0945. The van der Waals surface area contributed by atoms with Gasteiger partial charge in [0.1, 0.15) is 23.6 Å². The average Bonchev–Trinajstić information content (AvgIpc) is 2.52. The summed E-state index contributed by atoms with van der Waals surface area (Å²) >= 11 is 0. The van der Waals surface area contributed by atoms with E-state index in [1.54, 1.807) is 13.2 Å². The molecule has 6 heteroatoms. The number of carbonyl (C=O) groups excluding carboxylic acids is 1. The Labute approximate surface area is 129 Å². The van der Waals surface area contributed by atoms with Gasteiger partial charge in [0.25, 0.3) is 5.91 Å². The number of nitrogens with one attached hydrogen (secondary N) is 2. The number of nitrogens with zero attached hydrogens (tertiary/aromatic N) is 2. The molecule has 116 valence electrons. The van der Waals surface area contributed by atoms with E-state index in [4.69, 9.17) is 4.74 Å². The van der Waals surface area contributed by atoms with Crippen LogP contribution in [0.15, 0.2) is 36.7 Å². The maximum absolute atomic E-state index is 12.2. The molecule has 0 spiro atoms. The van der Waals surface area contributed by atoms with Crippen molar-refractivity contribution in [1.82, 2.24) is 15.3 Å². The fraction of sp³-hybridized carbons (Fsp3) is 0.312. The quantitative estimate of drug-likeness (QED) is 0.855. The highest BCUT2D eigenvalue weighted by Crippen LogP contribution is 2.16. The molecule has 0 aliphatic carbocycles. The van der Waals surface area contributed by atoms with Crippen LogP contribution in [0.2, 0.25) is 0 Å². The molecule has 22 heavy (non-hydrogen) atoms. The highest BCUT2D eigenvalue weighted by atomic mass is 16.5. The molecule has 1 amide bonds. The Bertz CT molecular complexity index is 644. The number of hydrogen-bond donors (Lipinski definition) is 2. The van der Waals surface area contributed by atoms with Crippen molar-refractivity contribution in [3.05, 3.63) is 47.9 Å². The van der Waals surface area contributed by atoms with Gasteiger partial charge in [0.15, 0.2) is 0 Å². The number of rotatable bonds is 6. The van der Waals surface area contributed by atoms with Crippen LogP contribution in [0.1, 0.15) is 29.9 Å². The summed E-state index contributed by atoms with van der Waals surface area (Å²) in [5, 5.41) is 5.97. The third-order valence-electron chi connectivity index (χ3n) is 2.97. The Morgan fingerprint density at radius 3 is 2.77 bits per heavy atom. The summed E-state index contributed by atoms with van der Waals surface area (Å²) < 4.78 is 5.26. The van der Waals surface area contributed by atoms with E-state index in [9.17, 15) is 4.79 Å². The molecule has 0 fully saturated rings. The number of hydrogen-bond acceptors (Lipinski definition) is 5. The summed E-state index contributed by atoms with van der Waals surface area (Å²) in [5.41, 5.74) is 1.24. The van der Waals surface area contributed by atoms with Crippen molar-refractivity contribution in [3.8, 4) is 5.75 Å². The van der Waals surface area contributed by atoms with Crippen molar-refractivity contribution >= 4 is 11.7 Å². The summed E-state index contributed by atoms with van der Waals surface area (Å²) in [6, 6.07) is 9.43. The van der Waals surface area contributed by atoms with Gasteiger partial charge in [0, 0.05) is 24.2 Å². The van der Waals surface area contributed by atoms with Crippen molar-refractivity contribution in [2.45, 2.75) is 26.4 Å². The predicted octanol–water partition coefficient (Wildman–Crippen LogP) is 2.24. The van der Waals surface area contributed by atoms with E-state index in [0.717, 1.165) is 11.3 Å². The van der Waals surface area contributed by atoms with Gasteiger partial charge in [0.2, 0.25) is 0 Å². The molecule has 0 radical (unpaired) electrons. The smallest absolute Gasteiger partial charge is 0.270 e. The summed E-state index contributed by atoms with van der Waals surface area (Å²) in [7, 11) is 1.61. The number of methoxy groups -OCH3 is 1. The van der Waals surface area contributed by atoms with E-state index in [2.05, 4.69) is 20.6 Å². The third-order valence-corrected chi connectivity index (χ3v) is 2.97. The van der Waals surface area contributed by atoms with Gasteiger partial charge in [-0.2, -0.15) is 0 Å². The summed E-state index contributed by atoms with van der Waals surface area (Å²) in [5.74, 6) is 1.13. The Hall–Kier alpha value is -2.63. The molecular weight excluding hydrogens is 280 g/mol. The zero-order valence-electron chi connectivity index (χ0n) is 13.0. The SMILES string of the molecule is COc1ccccc1CNC(=O)c1cc(NC(C)C)ncn1. The molecule has 2 aromatic rings. The Morgan fingerprint density at radius 1 is 1.27 bits per heavy atom. The number of benzene rings is 1. The molecule has 0 saturated heterocycles. The highest BCUT2D eigenvalue weighted by Gasteiger charge is 2.10. The standard InChI is InChI=1S/C16H20N4O2/c1-11(2)20-15-8-13(18-10-19-15)16(21)17-9-12-6-4-5-7-14(12)22-3/h4-8,10-11H,9H2,1-3H3,(H,17,21)(H,18,19,20). The number of amides is 1. The van der Waals surface area contributed by atoms with Crippen LogP contribution in [0.5, 0.6) is 5.75 Å². The minimum absolute atomic E-state index is 0.236. The number of carbonyl (C=O) groups is 1. The average molecular weight is 300 g/mol. The van der Waals surface area contributed by atoms with Crippen molar-refractivity contribution in [3.63, 3.8) is 0 Å². The van der Waals surface area contributed by atoms with Crippen LogP contribution in [0.3, 0.4) is 0 Å². The Morgan fingerprint density at radius 2 is 2.05 bits per heavy atom. The van der Waals surface area contributed by atoms with E-state index in [0.29, 0.717) is 18.1 Å². The zero-order valence-corrected chi connectivity index (χ0v) is 13.0. The fourth-order valence-electron chi connectivity index (χ4n) is 1.97. The van der Waals surface area contributed by atoms with Gasteiger partial charge in [-0.25, -0.2) is 9.97 Å². The van der Waals surface area contributed by atoms with Crippen LogP contribution in [0, 0.1) is 0 Å². The molecular formula is C16H20N4O2. The predicted molar refractivity (Wildman–Crippen MR) is 85.0 cm³/mol. The van der Waals surface area contributed by atoms with Crippen LogP contribution in [0.4, 0.5) is 5.82 Å². The first-order valence-electron chi connectivity index (χ1n) is 7.09. The third kappa shape index (κ3) is 4.18. The van der Waals surface area contributed by atoms with Crippen LogP contribution in [-0.4, -0.2) is 29.0 Å². The van der Waals surface area contributed by atoms with Crippen LogP contribution in [0.25, 0.3) is 0 Å². The van der Waals surface area contributed by atoms with Gasteiger partial charge in [0.05, 0.1) is 7.11 Å². The largest absolute Gasteiger partial charge is 0.496 e.